The third-order valence-corrected chi connectivity index (χ3v) is 6.96. The van der Waals surface area contributed by atoms with Crippen molar-refractivity contribution in [3.63, 3.8) is 0 Å². The lowest BCUT2D eigenvalue weighted by molar-refractivity contribution is -0.149. The van der Waals surface area contributed by atoms with Crippen LogP contribution < -0.4 is 14.8 Å². The maximum Gasteiger partial charge on any atom is 0.290 e. The van der Waals surface area contributed by atoms with E-state index in [4.69, 9.17) is 19.3 Å². The fourth-order valence-electron chi connectivity index (χ4n) is 4.18. The predicted octanol–water partition coefficient (Wildman–Crippen LogP) is 1.33. The largest absolute Gasteiger partial charge is 0.493 e. The van der Waals surface area contributed by atoms with Gasteiger partial charge >= 0.3 is 0 Å². The van der Waals surface area contributed by atoms with Crippen molar-refractivity contribution in [2.75, 3.05) is 33.4 Å². The van der Waals surface area contributed by atoms with Crippen molar-refractivity contribution in [1.82, 2.24) is 10.2 Å². The Labute approximate surface area is 242 Å². The van der Waals surface area contributed by atoms with Crippen LogP contribution in [0.2, 0.25) is 0 Å². The van der Waals surface area contributed by atoms with Gasteiger partial charge in [-0.25, -0.2) is 0 Å². The van der Waals surface area contributed by atoms with Gasteiger partial charge in [0, 0.05) is 38.1 Å². The van der Waals surface area contributed by atoms with Gasteiger partial charge in [0.15, 0.2) is 11.5 Å². The minimum Gasteiger partial charge on any atom is -0.493 e. The quantitative estimate of drug-likeness (QED) is 0.124. The highest BCUT2D eigenvalue weighted by molar-refractivity contribution is 14.1. The highest BCUT2D eigenvalue weighted by Gasteiger charge is 2.41. The average molecular weight is 663 g/mol. The number of halogens is 1. The van der Waals surface area contributed by atoms with Crippen LogP contribution in [-0.4, -0.2) is 95.6 Å². The number of nitrogens with zero attached hydrogens (tertiary/aromatic N) is 1. The van der Waals surface area contributed by atoms with Crippen molar-refractivity contribution < 1.29 is 43.9 Å². The SMILES string of the molecule is CCC(=O)C(=O)N(CCCOC(C)C)[C@@H]1CC(C(=O)NCCO)=C[C@H](Oc2c(I)cc(CO)cc2OC)[C@H]1O. The predicted molar refractivity (Wildman–Crippen MR) is 151 cm³/mol. The molecule has 1 aliphatic rings. The molecule has 39 heavy (non-hydrogen) atoms. The van der Waals surface area contributed by atoms with Gasteiger partial charge in [-0.2, -0.15) is 0 Å². The maximum atomic E-state index is 13.2. The number of carbonyl (C=O) groups is 3. The van der Waals surface area contributed by atoms with Crippen molar-refractivity contribution in [3.05, 3.63) is 32.9 Å². The van der Waals surface area contributed by atoms with Crippen LogP contribution in [0.15, 0.2) is 23.8 Å². The first-order valence-corrected chi connectivity index (χ1v) is 14.0. The first kappa shape index (κ1) is 32.9. The van der Waals surface area contributed by atoms with Gasteiger partial charge in [0.25, 0.3) is 5.91 Å². The zero-order valence-corrected chi connectivity index (χ0v) is 25.0. The first-order valence-electron chi connectivity index (χ1n) is 12.9. The first-order chi connectivity index (χ1) is 18.6. The van der Waals surface area contributed by atoms with Crippen molar-refractivity contribution in [1.29, 1.82) is 0 Å². The second-order valence-electron chi connectivity index (χ2n) is 9.33. The highest BCUT2D eigenvalue weighted by atomic mass is 127. The van der Waals surface area contributed by atoms with Crippen LogP contribution in [0.25, 0.3) is 0 Å². The lowest BCUT2D eigenvalue weighted by Gasteiger charge is -2.40. The molecule has 0 saturated carbocycles. The summed E-state index contributed by atoms with van der Waals surface area (Å²) in [6.07, 6.45) is -0.521. The van der Waals surface area contributed by atoms with Gasteiger partial charge in [-0.15, -0.1) is 0 Å². The molecule has 0 aliphatic heterocycles. The monoisotopic (exact) mass is 662 g/mol. The third-order valence-electron chi connectivity index (χ3n) is 6.16. The number of aliphatic hydroxyl groups excluding tert-OH is 3. The van der Waals surface area contributed by atoms with E-state index in [2.05, 4.69) is 5.32 Å². The molecule has 2 amide bonds. The van der Waals surface area contributed by atoms with Crippen LogP contribution in [0.3, 0.4) is 0 Å². The Balaban J connectivity index is 2.48. The van der Waals surface area contributed by atoms with Gasteiger partial charge in [-0.05, 0) is 66.6 Å². The van der Waals surface area contributed by atoms with Gasteiger partial charge < -0.3 is 39.7 Å². The van der Waals surface area contributed by atoms with Crippen LogP contribution in [0.4, 0.5) is 0 Å². The summed E-state index contributed by atoms with van der Waals surface area (Å²) in [7, 11) is 1.44. The number of carbonyl (C=O) groups excluding carboxylic acids is 3. The number of hydrogen-bond acceptors (Lipinski definition) is 9. The van der Waals surface area contributed by atoms with Gasteiger partial charge in [-0.1, -0.05) is 6.92 Å². The molecule has 2 rings (SSSR count). The number of Topliss-reactive ketones (excluding diaryl/α,β-unsaturated/α-hetero) is 1. The van der Waals surface area contributed by atoms with E-state index < -0.39 is 35.8 Å². The van der Waals surface area contributed by atoms with E-state index in [1.54, 1.807) is 19.1 Å². The summed E-state index contributed by atoms with van der Waals surface area (Å²) in [6, 6.07) is 2.36. The number of ketones is 1. The molecule has 4 N–H and O–H groups in total. The molecule has 0 spiro atoms. The Morgan fingerprint density at radius 2 is 1.95 bits per heavy atom. The lowest BCUT2D eigenvalue weighted by atomic mass is 9.87. The van der Waals surface area contributed by atoms with E-state index in [1.165, 1.54) is 18.1 Å². The molecule has 1 aromatic rings. The molecule has 218 valence electrons. The van der Waals surface area contributed by atoms with Crippen LogP contribution >= 0.6 is 22.6 Å². The molecule has 0 heterocycles. The third kappa shape index (κ3) is 9.13. The number of methoxy groups -OCH3 is 1. The van der Waals surface area contributed by atoms with Gasteiger partial charge in [0.2, 0.25) is 11.7 Å². The number of nitrogens with one attached hydrogen (secondary N) is 1. The van der Waals surface area contributed by atoms with E-state index in [9.17, 15) is 24.6 Å². The zero-order chi connectivity index (χ0) is 29.1. The number of rotatable bonds is 15. The maximum absolute atomic E-state index is 13.2. The number of amides is 2. The number of aliphatic hydroxyl groups is 3. The van der Waals surface area contributed by atoms with Crippen molar-refractivity contribution in [3.8, 4) is 11.5 Å². The second kappa shape index (κ2) is 16.1. The van der Waals surface area contributed by atoms with Gasteiger partial charge in [0.1, 0.15) is 12.2 Å². The van der Waals surface area contributed by atoms with Crippen LogP contribution in [0.5, 0.6) is 11.5 Å². The molecule has 12 heteroatoms. The molecule has 0 bridgehead atoms. The fourth-order valence-corrected chi connectivity index (χ4v) is 4.97. The Morgan fingerprint density at radius 1 is 1.23 bits per heavy atom. The summed E-state index contributed by atoms with van der Waals surface area (Å²) in [4.78, 5) is 39.9. The summed E-state index contributed by atoms with van der Waals surface area (Å²) in [5.41, 5.74) is 0.841. The molecule has 0 aromatic heterocycles. The summed E-state index contributed by atoms with van der Waals surface area (Å²) in [6.45, 7) is 5.39. The Kier molecular flexibility index (Phi) is 13.6. The highest BCUT2D eigenvalue weighted by Crippen LogP contribution is 2.37. The van der Waals surface area contributed by atoms with Crippen molar-refractivity contribution >= 4 is 40.2 Å². The molecule has 0 unspecified atom stereocenters. The Hall–Kier alpha value is -2.26. The summed E-state index contributed by atoms with van der Waals surface area (Å²) < 4.78 is 17.8. The van der Waals surface area contributed by atoms with Crippen molar-refractivity contribution in [2.24, 2.45) is 0 Å². The molecule has 1 aromatic carbocycles. The summed E-state index contributed by atoms with van der Waals surface area (Å²) >= 11 is 2.02. The normalized spacial score (nSPS) is 18.9. The van der Waals surface area contributed by atoms with Crippen LogP contribution in [-0.2, 0) is 25.7 Å². The van der Waals surface area contributed by atoms with E-state index in [1.807, 2.05) is 36.4 Å². The van der Waals surface area contributed by atoms with Gasteiger partial charge in [0.05, 0.1) is 36.0 Å². The van der Waals surface area contributed by atoms with Crippen LogP contribution in [0, 0.1) is 3.57 Å². The Bertz CT molecular complexity index is 1030. The van der Waals surface area contributed by atoms with Gasteiger partial charge in [-0.3, -0.25) is 14.4 Å². The Morgan fingerprint density at radius 3 is 2.54 bits per heavy atom. The topological polar surface area (TPSA) is 155 Å². The molecular formula is C27H39IN2O9. The van der Waals surface area contributed by atoms with Crippen LogP contribution in [0.1, 0.15) is 45.6 Å². The average Bonchev–Trinajstić information content (AvgIpc) is 2.92. The fraction of sp³-hybridized carbons (Fsp3) is 0.593. The summed E-state index contributed by atoms with van der Waals surface area (Å²) in [5.74, 6) is -1.23. The van der Waals surface area contributed by atoms with E-state index in [0.717, 1.165) is 0 Å². The van der Waals surface area contributed by atoms with E-state index in [-0.39, 0.29) is 50.8 Å². The van der Waals surface area contributed by atoms with Crippen molar-refractivity contribution in [2.45, 2.75) is 71.0 Å². The number of benzene rings is 1. The molecule has 0 saturated heterocycles. The molecule has 1 aliphatic carbocycles. The molecule has 3 atom stereocenters. The second-order valence-corrected chi connectivity index (χ2v) is 10.5. The zero-order valence-electron chi connectivity index (χ0n) is 22.8. The molecule has 0 radical (unpaired) electrons. The molecule has 0 fully saturated rings. The van der Waals surface area contributed by atoms with E-state index in [0.29, 0.717) is 33.7 Å². The standard InChI is InChI=1S/C27H39IN2O9/c1-5-21(33)27(36)30(8-6-10-38-16(2)3)20-13-18(26(35)29-7-9-31)14-22(24(20)34)39-25-19(28)11-17(15-32)12-23(25)37-4/h11-12,14,16,20,22,24,31-32,34H,5-10,13,15H2,1-4H3,(H,29,35)/t20-,22+,24+/m1/s1. The smallest absolute Gasteiger partial charge is 0.290 e. The van der Waals surface area contributed by atoms with E-state index >= 15 is 0 Å². The minimum atomic E-state index is -1.29. The molecule has 11 nitrogen and oxygen atoms in total. The number of ether oxygens (including phenoxy) is 3. The lowest BCUT2D eigenvalue weighted by Crippen LogP contribution is -2.56. The summed E-state index contributed by atoms with van der Waals surface area (Å²) in [5, 5.41) is 32.8. The minimum absolute atomic E-state index is 0.00709. The number of hydrogen-bond donors (Lipinski definition) is 4. The molecular weight excluding hydrogens is 623 g/mol.